The Morgan fingerprint density at radius 3 is 2.07 bits per heavy atom. The minimum absolute atomic E-state index is 0.170. The van der Waals surface area contributed by atoms with Gasteiger partial charge in [0.1, 0.15) is 21.1 Å². The SMILES string of the molecule is CCCC(=O)Nc1c(C)c(N=c2ccc3c(-c4ccccc4S(=O)(=O)O)c4ccc(Nc5c(C)cc(C)c(NC(C)=O)c5C)cc4oc-3c2)c(C)c(S(=O)(=O)O)c1C. The number of benzene rings is 5. The maximum absolute atomic E-state index is 12.7. The number of hydrogen-bond donors (Lipinski definition) is 5. The molecule has 1 heterocycles. The summed E-state index contributed by atoms with van der Waals surface area (Å²) in [7, 11) is -9.42. The van der Waals surface area contributed by atoms with Gasteiger partial charge in [-0.1, -0.05) is 31.2 Å². The highest BCUT2D eigenvalue weighted by Crippen LogP contribution is 2.44. The third-order valence-corrected chi connectivity index (χ3v) is 12.1. The Labute approximate surface area is 337 Å². The zero-order valence-electron chi connectivity index (χ0n) is 33.3. The van der Waals surface area contributed by atoms with Crippen molar-refractivity contribution in [2.45, 2.75) is 78.0 Å². The van der Waals surface area contributed by atoms with Gasteiger partial charge in [0, 0.05) is 64.6 Å². The number of fused-ring (bicyclic) bond motifs is 2. The van der Waals surface area contributed by atoms with Gasteiger partial charge in [-0.25, -0.2) is 4.99 Å². The maximum Gasteiger partial charge on any atom is 0.295 e. The first kappa shape index (κ1) is 41.8. The van der Waals surface area contributed by atoms with Crippen LogP contribution in [-0.4, -0.2) is 37.8 Å². The largest absolute Gasteiger partial charge is 0.456 e. The molecule has 13 nitrogen and oxygen atoms in total. The number of hydrogen-bond acceptors (Lipinski definition) is 9. The van der Waals surface area contributed by atoms with Crippen molar-refractivity contribution < 1.29 is 39.9 Å². The van der Waals surface area contributed by atoms with Crippen molar-refractivity contribution in [3.8, 4) is 22.5 Å². The standard InChI is InChI=1S/C43H44N4O9S2/c1-9-12-37(49)47-42-25(5)41(26(6)43(27(42)7)58(53,54)55)46-30-16-18-32-35(21-30)56-34-20-29(45-40-23(3)19-22(2)39(24(40)4)44-28(8)48)15-17-31(34)38(32)33-13-10-11-14-36(33)57(50,51)52/h10-11,13-21,45H,9,12H2,1-8H3,(H,44,48)(H,47,49)(H,50,51,52)(H,53,54,55). The van der Waals surface area contributed by atoms with Crippen LogP contribution in [-0.2, 0) is 29.8 Å². The lowest BCUT2D eigenvalue weighted by Crippen LogP contribution is -2.16. The predicted molar refractivity (Wildman–Crippen MR) is 226 cm³/mol. The van der Waals surface area contributed by atoms with Gasteiger partial charge in [0.2, 0.25) is 11.8 Å². The highest BCUT2D eigenvalue weighted by Gasteiger charge is 2.27. The molecule has 0 atom stereocenters. The number of nitrogens with one attached hydrogen (secondary N) is 3. The van der Waals surface area contributed by atoms with Gasteiger partial charge in [-0.3, -0.25) is 18.7 Å². The van der Waals surface area contributed by atoms with E-state index < -0.39 is 20.2 Å². The number of nitrogens with zero attached hydrogens (tertiary/aromatic N) is 1. The van der Waals surface area contributed by atoms with E-state index in [4.69, 9.17) is 9.41 Å². The normalized spacial score (nSPS) is 12.3. The van der Waals surface area contributed by atoms with Gasteiger partial charge in [0.25, 0.3) is 20.2 Å². The van der Waals surface area contributed by atoms with Crippen molar-refractivity contribution in [2.75, 3.05) is 16.0 Å². The number of carbonyl (C=O) groups excluding carboxylic acids is 2. The molecule has 0 aromatic heterocycles. The van der Waals surface area contributed by atoms with Crippen LogP contribution in [0.1, 0.15) is 60.1 Å². The minimum Gasteiger partial charge on any atom is -0.456 e. The van der Waals surface area contributed by atoms with E-state index in [-0.39, 0.29) is 61.9 Å². The van der Waals surface area contributed by atoms with E-state index in [9.17, 15) is 35.5 Å². The Bertz CT molecular complexity index is 2950. The third-order valence-electron chi connectivity index (χ3n) is 10.1. The molecule has 0 fully saturated rings. The molecule has 4 aromatic rings. The molecule has 0 bridgehead atoms. The average molecular weight is 825 g/mol. The van der Waals surface area contributed by atoms with Gasteiger partial charge in [-0.2, -0.15) is 16.8 Å². The molecule has 1 aliphatic carbocycles. The molecule has 0 unspecified atom stereocenters. The second-order valence-corrected chi connectivity index (χ2v) is 17.1. The topological polar surface area (TPSA) is 204 Å². The molecule has 15 heteroatoms. The van der Waals surface area contributed by atoms with Crippen LogP contribution < -0.4 is 21.3 Å². The van der Waals surface area contributed by atoms with Crippen LogP contribution in [0.15, 0.2) is 85.9 Å². The van der Waals surface area contributed by atoms with Crippen molar-refractivity contribution in [3.63, 3.8) is 0 Å². The van der Waals surface area contributed by atoms with Crippen molar-refractivity contribution in [2.24, 2.45) is 4.99 Å². The quantitative estimate of drug-likeness (QED) is 0.0654. The van der Waals surface area contributed by atoms with Crippen LogP contribution in [0.2, 0.25) is 0 Å². The number of amides is 2. The first-order valence-electron chi connectivity index (χ1n) is 18.4. The summed E-state index contributed by atoms with van der Waals surface area (Å²) in [6.45, 7) is 13.8. The van der Waals surface area contributed by atoms with Crippen molar-refractivity contribution in [1.29, 1.82) is 0 Å². The fourth-order valence-electron chi connectivity index (χ4n) is 7.59. The molecule has 0 spiro atoms. The molecule has 1 aliphatic heterocycles. The van der Waals surface area contributed by atoms with Crippen LogP contribution in [0.5, 0.6) is 0 Å². The molecule has 0 saturated carbocycles. The van der Waals surface area contributed by atoms with Gasteiger partial charge in [0.05, 0.1) is 16.7 Å². The minimum atomic E-state index is -4.74. The molecular weight excluding hydrogens is 781 g/mol. The second kappa shape index (κ2) is 15.8. The predicted octanol–water partition coefficient (Wildman–Crippen LogP) is 9.22. The molecule has 0 radical (unpaired) electrons. The summed E-state index contributed by atoms with van der Waals surface area (Å²) in [6.07, 6.45) is 0.760. The lowest BCUT2D eigenvalue weighted by atomic mass is 9.93. The van der Waals surface area contributed by atoms with E-state index in [1.807, 2.05) is 39.8 Å². The van der Waals surface area contributed by atoms with Crippen molar-refractivity contribution in [3.05, 3.63) is 105 Å². The Hall–Kier alpha value is -5.87. The summed E-state index contributed by atoms with van der Waals surface area (Å²) >= 11 is 0. The molecule has 58 heavy (non-hydrogen) atoms. The lowest BCUT2D eigenvalue weighted by Gasteiger charge is -2.20. The lowest BCUT2D eigenvalue weighted by molar-refractivity contribution is -0.116. The van der Waals surface area contributed by atoms with Crippen molar-refractivity contribution >= 4 is 71.5 Å². The van der Waals surface area contributed by atoms with Gasteiger partial charge in [-0.15, -0.1) is 0 Å². The summed E-state index contributed by atoms with van der Waals surface area (Å²) in [4.78, 5) is 28.9. The van der Waals surface area contributed by atoms with Crippen LogP contribution in [0.25, 0.3) is 33.4 Å². The summed E-state index contributed by atoms with van der Waals surface area (Å²) in [5.41, 5.74) is 7.49. The van der Waals surface area contributed by atoms with E-state index in [0.29, 0.717) is 50.8 Å². The van der Waals surface area contributed by atoms with Crippen LogP contribution in [0, 0.1) is 41.5 Å². The molecule has 0 saturated heterocycles. The van der Waals surface area contributed by atoms with Crippen molar-refractivity contribution in [1.82, 2.24) is 0 Å². The van der Waals surface area contributed by atoms with Gasteiger partial charge < -0.3 is 20.4 Å². The molecule has 4 aromatic carbocycles. The smallest absolute Gasteiger partial charge is 0.295 e. The fraction of sp³-hybridized carbons (Fsp3) is 0.233. The first-order chi connectivity index (χ1) is 27.2. The number of rotatable bonds is 10. The van der Waals surface area contributed by atoms with Gasteiger partial charge in [0.15, 0.2) is 0 Å². The third kappa shape index (κ3) is 8.11. The summed E-state index contributed by atoms with van der Waals surface area (Å²) in [6, 6.07) is 18.4. The van der Waals surface area contributed by atoms with E-state index in [0.717, 1.165) is 22.4 Å². The summed E-state index contributed by atoms with van der Waals surface area (Å²) in [5, 5.41) is 10.0. The molecule has 2 amide bonds. The van der Waals surface area contributed by atoms with E-state index in [2.05, 4.69) is 16.0 Å². The monoisotopic (exact) mass is 824 g/mol. The fourth-order valence-corrected chi connectivity index (χ4v) is 9.26. The van der Waals surface area contributed by atoms with Crippen LogP contribution in [0.3, 0.4) is 0 Å². The zero-order chi connectivity index (χ0) is 42.4. The van der Waals surface area contributed by atoms with E-state index >= 15 is 0 Å². The Morgan fingerprint density at radius 2 is 1.41 bits per heavy atom. The van der Waals surface area contributed by atoms with E-state index in [1.54, 1.807) is 49.4 Å². The molecule has 6 rings (SSSR count). The van der Waals surface area contributed by atoms with E-state index in [1.165, 1.54) is 32.9 Å². The van der Waals surface area contributed by atoms with Crippen LogP contribution >= 0.6 is 0 Å². The molecular formula is C43H44N4O9S2. The highest BCUT2D eigenvalue weighted by atomic mass is 32.2. The van der Waals surface area contributed by atoms with Crippen LogP contribution in [0.4, 0.5) is 28.4 Å². The zero-order valence-corrected chi connectivity index (χ0v) is 34.9. The van der Waals surface area contributed by atoms with Gasteiger partial charge >= 0.3 is 0 Å². The number of carbonyl (C=O) groups is 2. The number of anilines is 4. The Balaban J connectivity index is 1.63. The summed E-state index contributed by atoms with van der Waals surface area (Å²) in [5.74, 6) is -0.254. The Kier molecular flexibility index (Phi) is 11.4. The second-order valence-electron chi connectivity index (χ2n) is 14.3. The highest BCUT2D eigenvalue weighted by molar-refractivity contribution is 7.86. The van der Waals surface area contributed by atoms with Gasteiger partial charge in [-0.05, 0) is 112 Å². The Morgan fingerprint density at radius 1 is 0.724 bits per heavy atom. The average Bonchev–Trinajstić information content (AvgIpc) is 3.13. The number of aryl methyl sites for hydroxylation is 2. The first-order valence-corrected chi connectivity index (χ1v) is 21.3. The maximum atomic E-state index is 12.7. The molecule has 5 N–H and O–H groups in total. The molecule has 2 aliphatic rings. The summed E-state index contributed by atoms with van der Waals surface area (Å²) < 4.78 is 77.9. The molecule has 302 valence electrons.